The molecule has 0 radical (unpaired) electrons. The van der Waals surface area contributed by atoms with E-state index in [1.807, 2.05) is 30.3 Å². The lowest BCUT2D eigenvalue weighted by Gasteiger charge is -2.17. The fourth-order valence-electron chi connectivity index (χ4n) is 1.45. The Hall–Kier alpha value is -1.68. The lowest BCUT2D eigenvalue weighted by atomic mass is 10.1. The number of amides is 1. The van der Waals surface area contributed by atoms with Crippen LogP contribution < -0.4 is 5.32 Å². The number of aliphatic imine (C=N–C) groups is 1. The zero-order valence-corrected chi connectivity index (χ0v) is 8.65. The largest absolute Gasteiger partial charge is 0.340 e. The normalized spacial score (nSPS) is 24.9. The second-order valence-electron chi connectivity index (χ2n) is 3.47. The van der Waals surface area contributed by atoms with Gasteiger partial charge in [-0.05, 0) is 0 Å². The Morgan fingerprint density at radius 3 is 2.53 bits per heavy atom. The second kappa shape index (κ2) is 3.47. The molecule has 2 rings (SSSR count). The number of carbonyl (C=O) groups is 1. The fourth-order valence-corrected chi connectivity index (χ4v) is 1.45. The molecule has 1 aromatic rings. The van der Waals surface area contributed by atoms with Crippen molar-refractivity contribution in [2.45, 2.75) is 12.8 Å². The van der Waals surface area contributed by atoms with E-state index in [-0.39, 0.29) is 5.91 Å². The standard InChI is InChI=1S/C11H12N2O2/c1-11(15-2)12-9(10(14)13-11)8-6-4-3-5-7-8/h3-7H,1-2H3,(H,13,14). The smallest absolute Gasteiger partial charge is 0.273 e. The van der Waals surface area contributed by atoms with Crippen molar-refractivity contribution >= 4 is 11.6 Å². The van der Waals surface area contributed by atoms with Gasteiger partial charge in [0.2, 0.25) is 5.85 Å². The molecular formula is C11H12N2O2. The second-order valence-corrected chi connectivity index (χ2v) is 3.47. The number of carbonyl (C=O) groups excluding carboxylic acids is 1. The van der Waals surface area contributed by atoms with Crippen LogP contribution in [0.3, 0.4) is 0 Å². The van der Waals surface area contributed by atoms with Crippen LogP contribution in [0.25, 0.3) is 0 Å². The summed E-state index contributed by atoms with van der Waals surface area (Å²) < 4.78 is 5.10. The number of hydrogen-bond donors (Lipinski definition) is 1. The zero-order chi connectivity index (χ0) is 10.9. The molecule has 1 aromatic carbocycles. The van der Waals surface area contributed by atoms with Gasteiger partial charge in [-0.15, -0.1) is 0 Å². The number of methoxy groups -OCH3 is 1. The highest BCUT2D eigenvalue weighted by Gasteiger charge is 2.35. The fraction of sp³-hybridized carbons (Fsp3) is 0.273. The number of rotatable bonds is 2. The Labute approximate surface area is 88.0 Å². The predicted molar refractivity (Wildman–Crippen MR) is 56.5 cm³/mol. The van der Waals surface area contributed by atoms with Crippen LogP contribution in [0.15, 0.2) is 35.3 Å². The van der Waals surface area contributed by atoms with E-state index in [1.54, 1.807) is 6.92 Å². The van der Waals surface area contributed by atoms with E-state index < -0.39 is 5.85 Å². The topological polar surface area (TPSA) is 50.7 Å². The Morgan fingerprint density at radius 2 is 2.00 bits per heavy atom. The average molecular weight is 204 g/mol. The van der Waals surface area contributed by atoms with Crippen LogP contribution >= 0.6 is 0 Å². The van der Waals surface area contributed by atoms with E-state index >= 15 is 0 Å². The van der Waals surface area contributed by atoms with Crippen molar-refractivity contribution in [1.82, 2.24) is 5.32 Å². The Balaban J connectivity index is 2.39. The minimum absolute atomic E-state index is 0.203. The predicted octanol–water partition coefficient (Wildman–Crippen LogP) is 0.926. The van der Waals surface area contributed by atoms with E-state index in [4.69, 9.17) is 4.74 Å². The van der Waals surface area contributed by atoms with Crippen LogP contribution in [0.5, 0.6) is 0 Å². The summed E-state index contributed by atoms with van der Waals surface area (Å²) in [4.78, 5) is 15.9. The van der Waals surface area contributed by atoms with Crippen LogP contribution in [-0.2, 0) is 9.53 Å². The zero-order valence-electron chi connectivity index (χ0n) is 8.65. The molecule has 15 heavy (non-hydrogen) atoms. The first-order valence-corrected chi connectivity index (χ1v) is 4.67. The van der Waals surface area contributed by atoms with Crippen molar-refractivity contribution in [1.29, 1.82) is 0 Å². The molecule has 1 amide bonds. The Bertz CT molecular complexity index is 414. The van der Waals surface area contributed by atoms with Crippen LogP contribution in [-0.4, -0.2) is 24.6 Å². The summed E-state index contributed by atoms with van der Waals surface area (Å²) in [6.07, 6.45) is 0. The monoisotopic (exact) mass is 204 g/mol. The Kier molecular flexibility index (Phi) is 2.28. The SMILES string of the molecule is COC1(C)N=C(c2ccccc2)C(=O)N1. The first-order chi connectivity index (χ1) is 7.14. The summed E-state index contributed by atoms with van der Waals surface area (Å²) in [5.41, 5.74) is 1.22. The third-order valence-corrected chi connectivity index (χ3v) is 2.33. The summed E-state index contributed by atoms with van der Waals surface area (Å²) in [7, 11) is 1.51. The highest BCUT2D eigenvalue weighted by atomic mass is 16.5. The van der Waals surface area contributed by atoms with Gasteiger partial charge in [0.05, 0.1) is 0 Å². The van der Waals surface area contributed by atoms with Gasteiger partial charge in [0.25, 0.3) is 5.91 Å². The third kappa shape index (κ3) is 1.76. The molecule has 1 aliphatic heterocycles. The Morgan fingerprint density at radius 1 is 1.33 bits per heavy atom. The molecule has 1 atom stereocenters. The van der Waals surface area contributed by atoms with Crippen LogP contribution in [0.2, 0.25) is 0 Å². The van der Waals surface area contributed by atoms with E-state index in [0.29, 0.717) is 5.71 Å². The molecule has 0 aromatic heterocycles. The minimum Gasteiger partial charge on any atom is -0.340 e. The van der Waals surface area contributed by atoms with Crippen molar-refractivity contribution in [3.05, 3.63) is 35.9 Å². The lowest BCUT2D eigenvalue weighted by molar-refractivity contribution is -0.120. The highest BCUT2D eigenvalue weighted by molar-refractivity contribution is 6.46. The molecule has 0 fully saturated rings. The van der Waals surface area contributed by atoms with Gasteiger partial charge < -0.3 is 10.1 Å². The number of nitrogens with zero attached hydrogens (tertiary/aromatic N) is 1. The molecular weight excluding hydrogens is 192 g/mol. The molecule has 1 N–H and O–H groups in total. The van der Waals surface area contributed by atoms with Gasteiger partial charge in [0, 0.05) is 19.6 Å². The molecule has 0 bridgehead atoms. The first-order valence-electron chi connectivity index (χ1n) is 4.67. The molecule has 1 aliphatic rings. The van der Waals surface area contributed by atoms with Crippen LogP contribution in [0.4, 0.5) is 0 Å². The quantitative estimate of drug-likeness (QED) is 0.779. The number of hydrogen-bond acceptors (Lipinski definition) is 3. The molecule has 1 heterocycles. The summed E-state index contributed by atoms with van der Waals surface area (Å²) in [6, 6.07) is 9.33. The van der Waals surface area contributed by atoms with E-state index in [2.05, 4.69) is 10.3 Å². The molecule has 4 heteroatoms. The molecule has 0 aliphatic carbocycles. The number of ether oxygens (including phenoxy) is 1. The van der Waals surface area contributed by atoms with E-state index in [9.17, 15) is 4.79 Å². The van der Waals surface area contributed by atoms with Gasteiger partial charge in [0.1, 0.15) is 5.71 Å². The van der Waals surface area contributed by atoms with Crippen molar-refractivity contribution in [3.63, 3.8) is 0 Å². The molecule has 78 valence electrons. The van der Waals surface area contributed by atoms with Crippen molar-refractivity contribution in [2.24, 2.45) is 4.99 Å². The van der Waals surface area contributed by atoms with Gasteiger partial charge in [-0.25, -0.2) is 4.99 Å². The lowest BCUT2D eigenvalue weighted by Crippen LogP contribution is -2.41. The molecule has 1 unspecified atom stereocenters. The average Bonchev–Trinajstić information content (AvgIpc) is 2.57. The molecule has 4 nitrogen and oxygen atoms in total. The van der Waals surface area contributed by atoms with Crippen molar-refractivity contribution in [2.75, 3.05) is 7.11 Å². The summed E-state index contributed by atoms with van der Waals surface area (Å²) in [6.45, 7) is 1.71. The van der Waals surface area contributed by atoms with Gasteiger partial charge in [-0.3, -0.25) is 4.79 Å². The minimum atomic E-state index is -0.928. The summed E-state index contributed by atoms with van der Waals surface area (Å²) in [5.74, 6) is -1.13. The van der Waals surface area contributed by atoms with Crippen molar-refractivity contribution in [3.8, 4) is 0 Å². The maximum Gasteiger partial charge on any atom is 0.273 e. The van der Waals surface area contributed by atoms with Crippen LogP contribution in [0, 0.1) is 0 Å². The molecule has 0 saturated carbocycles. The maximum absolute atomic E-state index is 11.6. The molecule has 0 saturated heterocycles. The molecule has 0 spiro atoms. The van der Waals surface area contributed by atoms with E-state index in [1.165, 1.54) is 7.11 Å². The first kappa shape index (κ1) is 9.86. The number of benzene rings is 1. The maximum atomic E-state index is 11.6. The van der Waals surface area contributed by atoms with Gasteiger partial charge in [0.15, 0.2) is 0 Å². The van der Waals surface area contributed by atoms with Crippen LogP contribution in [0.1, 0.15) is 12.5 Å². The van der Waals surface area contributed by atoms with E-state index in [0.717, 1.165) is 5.56 Å². The summed E-state index contributed by atoms with van der Waals surface area (Å²) >= 11 is 0. The van der Waals surface area contributed by atoms with Gasteiger partial charge in [-0.2, -0.15) is 0 Å². The summed E-state index contributed by atoms with van der Waals surface area (Å²) in [5, 5.41) is 2.66. The third-order valence-electron chi connectivity index (χ3n) is 2.33. The van der Waals surface area contributed by atoms with Gasteiger partial charge in [-0.1, -0.05) is 30.3 Å². The number of nitrogens with one attached hydrogen (secondary N) is 1. The highest BCUT2D eigenvalue weighted by Crippen LogP contribution is 2.17. The van der Waals surface area contributed by atoms with Crippen molar-refractivity contribution < 1.29 is 9.53 Å². The van der Waals surface area contributed by atoms with Gasteiger partial charge >= 0.3 is 0 Å².